The molecule has 0 saturated heterocycles. The van der Waals surface area contributed by atoms with Crippen molar-refractivity contribution in [3.63, 3.8) is 0 Å². The van der Waals surface area contributed by atoms with Crippen molar-refractivity contribution in [1.29, 1.82) is 0 Å². The number of rotatable bonds is 3. The number of benzene rings is 1. The van der Waals surface area contributed by atoms with E-state index in [2.05, 4.69) is 0 Å². The molecule has 2 heteroatoms. The lowest BCUT2D eigenvalue weighted by molar-refractivity contribution is -0.136. The van der Waals surface area contributed by atoms with Crippen LogP contribution in [0.5, 0.6) is 0 Å². The summed E-state index contributed by atoms with van der Waals surface area (Å²) in [5.41, 5.74) is 0.361. The van der Waals surface area contributed by atoms with E-state index in [0.717, 1.165) is 0 Å². The fourth-order valence-corrected chi connectivity index (χ4v) is 0.694. The number of hydrogen-bond acceptors (Lipinski definition) is 1. The summed E-state index contributed by atoms with van der Waals surface area (Å²) in [6.07, 6.45) is -3.96. The molecular formula is C9H10O2. The first-order valence-corrected chi connectivity index (χ1v) is 3.17. The van der Waals surface area contributed by atoms with Crippen LogP contribution in [0.25, 0.3) is 0 Å². The Kier molecular flexibility index (Phi) is 1.55. The van der Waals surface area contributed by atoms with Crippen molar-refractivity contribution in [2.75, 3.05) is 0 Å². The molecule has 0 aliphatic rings. The molecule has 1 rings (SSSR count). The molecule has 11 heavy (non-hydrogen) atoms. The molecular weight excluding hydrogens is 141 g/mol. The van der Waals surface area contributed by atoms with Crippen LogP contribution in [0.15, 0.2) is 30.3 Å². The molecule has 0 heterocycles. The van der Waals surface area contributed by atoms with Gasteiger partial charge in [-0.15, -0.1) is 0 Å². The van der Waals surface area contributed by atoms with Gasteiger partial charge < -0.3 is 5.11 Å². The normalized spacial score (nSPS) is 17.6. The van der Waals surface area contributed by atoms with Gasteiger partial charge in [0.15, 0.2) is 0 Å². The number of hydrogen-bond donors (Lipinski definition) is 1. The van der Waals surface area contributed by atoms with Crippen molar-refractivity contribution in [2.45, 2.75) is 12.8 Å². The second-order valence-electron chi connectivity index (χ2n) is 2.00. The van der Waals surface area contributed by atoms with E-state index in [1.807, 2.05) is 0 Å². The quantitative estimate of drug-likeness (QED) is 0.673. The molecule has 1 N–H and O–H groups in total. The summed E-state index contributed by atoms with van der Waals surface area (Å²) >= 11 is 0. The van der Waals surface area contributed by atoms with E-state index in [1.54, 1.807) is 30.3 Å². The van der Waals surface area contributed by atoms with Gasteiger partial charge in [0.25, 0.3) is 0 Å². The van der Waals surface area contributed by atoms with Gasteiger partial charge in [0, 0.05) is 10.5 Å². The van der Waals surface area contributed by atoms with E-state index in [1.165, 1.54) is 0 Å². The third-order valence-electron chi connectivity index (χ3n) is 1.16. The lowest BCUT2D eigenvalue weighted by Gasteiger charge is -1.95. The van der Waals surface area contributed by atoms with Gasteiger partial charge in [-0.3, -0.25) is 4.79 Å². The average Bonchev–Trinajstić information content (AvgIpc) is 2.17. The van der Waals surface area contributed by atoms with Crippen LogP contribution in [0.2, 0.25) is 0 Å². The zero-order valence-corrected chi connectivity index (χ0v) is 5.82. The van der Waals surface area contributed by atoms with Crippen molar-refractivity contribution in [1.82, 2.24) is 0 Å². The summed E-state index contributed by atoms with van der Waals surface area (Å²) in [7, 11) is 0. The lowest BCUT2D eigenvalue weighted by atomic mass is 10.2. The fourth-order valence-electron chi connectivity index (χ4n) is 0.694. The molecule has 0 fully saturated rings. The summed E-state index contributed by atoms with van der Waals surface area (Å²) in [4.78, 5) is 10.5. The van der Waals surface area contributed by atoms with E-state index in [9.17, 15) is 4.79 Å². The Bertz CT molecular complexity index is 324. The molecule has 0 amide bonds. The van der Waals surface area contributed by atoms with Gasteiger partial charge in [0.2, 0.25) is 0 Å². The van der Waals surface area contributed by atoms with Crippen molar-refractivity contribution in [3.05, 3.63) is 35.9 Å². The summed E-state index contributed by atoms with van der Waals surface area (Å²) in [6.45, 7) is 0. The van der Waals surface area contributed by atoms with Crippen molar-refractivity contribution in [3.8, 4) is 0 Å². The SMILES string of the molecule is [2H]C(c1ccccc1)[13C]([2H])([2H])C(=O)O. The van der Waals surface area contributed by atoms with Crippen LogP contribution < -0.4 is 0 Å². The van der Waals surface area contributed by atoms with E-state index in [-0.39, 0.29) is 0 Å². The topological polar surface area (TPSA) is 37.3 Å². The van der Waals surface area contributed by atoms with Gasteiger partial charge in [0.1, 0.15) is 0 Å². The van der Waals surface area contributed by atoms with Crippen LogP contribution in [-0.2, 0) is 11.2 Å². The molecule has 0 spiro atoms. The van der Waals surface area contributed by atoms with Gasteiger partial charge >= 0.3 is 5.97 Å². The molecule has 58 valence electrons. The summed E-state index contributed by atoms with van der Waals surface area (Å²) in [6, 6.07) is 8.10. The Morgan fingerprint density at radius 2 is 2.09 bits per heavy atom. The lowest BCUT2D eigenvalue weighted by Crippen LogP contribution is -1.96. The largest absolute Gasteiger partial charge is 0.481 e. The van der Waals surface area contributed by atoms with Gasteiger partial charge in [-0.1, -0.05) is 30.3 Å². The van der Waals surface area contributed by atoms with Crippen molar-refractivity contribution in [2.24, 2.45) is 0 Å². The standard InChI is InChI=1S/C9H10O2/c10-9(11)7-6-8-4-2-1-3-5-8/h1-5H,6-7H2,(H,10,11)/i6D,7+1D2. The predicted molar refractivity (Wildman–Crippen MR) is 42.4 cm³/mol. The van der Waals surface area contributed by atoms with Gasteiger partial charge in [-0.2, -0.15) is 0 Å². The van der Waals surface area contributed by atoms with E-state index in [0.29, 0.717) is 5.56 Å². The monoisotopic (exact) mass is 154 g/mol. The zero-order chi connectivity index (χ0) is 10.8. The van der Waals surface area contributed by atoms with Crippen LogP contribution >= 0.6 is 0 Å². The Morgan fingerprint density at radius 3 is 2.64 bits per heavy atom. The minimum Gasteiger partial charge on any atom is -0.481 e. The highest BCUT2D eigenvalue weighted by Gasteiger charge is 1.96. The third kappa shape index (κ3) is 2.85. The smallest absolute Gasteiger partial charge is 0.303 e. The molecule has 0 aliphatic heterocycles. The highest BCUT2D eigenvalue weighted by molar-refractivity contribution is 5.67. The second kappa shape index (κ2) is 3.76. The number of aryl methyl sites for hydroxylation is 1. The van der Waals surface area contributed by atoms with E-state index < -0.39 is 18.7 Å². The number of carboxylic acid groups (broad SMARTS) is 1. The maximum absolute atomic E-state index is 10.5. The molecule has 1 aromatic carbocycles. The number of aliphatic carboxylic acids is 1. The Balaban J connectivity index is 2.96. The van der Waals surface area contributed by atoms with Crippen LogP contribution in [0.1, 0.15) is 16.0 Å². The maximum atomic E-state index is 10.5. The zero-order valence-electron chi connectivity index (χ0n) is 8.82. The van der Waals surface area contributed by atoms with Crippen LogP contribution in [0.4, 0.5) is 0 Å². The molecule has 0 bridgehead atoms. The van der Waals surface area contributed by atoms with E-state index >= 15 is 0 Å². The highest BCUT2D eigenvalue weighted by atomic mass is 16.4. The third-order valence-corrected chi connectivity index (χ3v) is 1.16. The van der Waals surface area contributed by atoms with Gasteiger partial charge in [-0.25, -0.2) is 0 Å². The Hall–Kier alpha value is -1.31. The Morgan fingerprint density at radius 1 is 1.45 bits per heavy atom. The first-order valence-electron chi connectivity index (χ1n) is 4.74. The summed E-state index contributed by atoms with van der Waals surface area (Å²) in [5.74, 6) is -1.61. The first kappa shape index (κ1) is 4.54. The molecule has 1 unspecified atom stereocenters. The van der Waals surface area contributed by atoms with Crippen LogP contribution in [-0.4, -0.2) is 11.1 Å². The molecule has 0 aromatic heterocycles. The number of carboxylic acids is 1. The molecule has 0 radical (unpaired) electrons. The van der Waals surface area contributed by atoms with Crippen LogP contribution in [0, 0.1) is 0 Å². The van der Waals surface area contributed by atoms with Crippen molar-refractivity contribution >= 4 is 5.97 Å². The maximum Gasteiger partial charge on any atom is 0.303 e. The fraction of sp³-hybridized carbons (Fsp3) is 0.222. The Labute approximate surface area is 69.7 Å². The van der Waals surface area contributed by atoms with Gasteiger partial charge in [0.05, 0.1) is 0 Å². The molecule has 0 aliphatic carbocycles. The summed E-state index contributed by atoms with van der Waals surface area (Å²) in [5, 5.41) is 8.58. The minimum absolute atomic E-state index is 0.361. The van der Waals surface area contributed by atoms with Gasteiger partial charge in [-0.05, 0) is 12.0 Å². The first-order chi connectivity index (χ1) is 6.46. The molecule has 1 aromatic rings. The molecule has 1 atom stereocenters. The minimum atomic E-state index is -2.55. The second-order valence-corrected chi connectivity index (χ2v) is 2.00. The number of carbonyl (C=O) groups is 1. The molecule has 0 saturated carbocycles. The van der Waals surface area contributed by atoms with Crippen molar-refractivity contribution < 1.29 is 14.0 Å². The van der Waals surface area contributed by atoms with E-state index in [4.69, 9.17) is 9.22 Å². The average molecular weight is 154 g/mol. The summed E-state index contributed by atoms with van der Waals surface area (Å²) < 4.78 is 21.9. The molecule has 2 nitrogen and oxygen atoms in total. The predicted octanol–water partition coefficient (Wildman–Crippen LogP) is 1.70. The van der Waals surface area contributed by atoms with Crippen LogP contribution in [0.3, 0.4) is 0 Å². The highest BCUT2D eigenvalue weighted by Crippen LogP contribution is 2.01.